The Morgan fingerprint density at radius 3 is 2.48 bits per heavy atom. The topological polar surface area (TPSA) is 90.2 Å². The smallest absolute Gasteiger partial charge is 0.328 e. The summed E-state index contributed by atoms with van der Waals surface area (Å²) in [6, 6.07) is 11.4. The van der Waals surface area contributed by atoms with Crippen LogP contribution in [0.15, 0.2) is 40.8 Å². The Balaban J connectivity index is 1.77. The standard InChI is InChI=1S/C24H24N3O4/c1-5-10-29-22-19-23(27-24(26-22)30-18-9-7-8-16(6-2)13-18)31-21(25-19)17-11-14(3)20(28)15(4)12-17/h7-9,11-13H,5-6,10H2,1-4H3. The van der Waals surface area contributed by atoms with Crippen molar-refractivity contribution < 1.29 is 19.0 Å². The molecule has 0 N–H and O–H groups in total. The van der Waals surface area contributed by atoms with Gasteiger partial charge < -0.3 is 13.9 Å². The van der Waals surface area contributed by atoms with Gasteiger partial charge >= 0.3 is 6.01 Å². The average Bonchev–Trinajstić information content (AvgIpc) is 3.20. The van der Waals surface area contributed by atoms with Crippen molar-refractivity contribution in [2.45, 2.75) is 40.5 Å². The van der Waals surface area contributed by atoms with Crippen LogP contribution in [0.3, 0.4) is 0 Å². The van der Waals surface area contributed by atoms with E-state index in [-0.39, 0.29) is 17.5 Å². The van der Waals surface area contributed by atoms with Crippen LogP contribution in [0.25, 0.3) is 22.7 Å². The zero-order valence-electron chi connectivity index (χ0n) is 18.1. The Hall–Kier alpha value is -3.61. The second-order valence-corrected chi connectivity index (χ2v) is 7.37. The predicted octanol–water partition coefficient (Wildman–Crippen LogP) is 6.19. The zero-order valence-corrected chi connectivity index (χ0v) is 18.1. The van der Waals surface area contributed by atoms with E-state index in [9.17, 15) is 5.11 Å². The fourth-order valence-corrected chi connectivity index (χ4v) is 3.26. The molecule has 0 bridgehead atoms. The van der Waals surface area contributed by atoms with Crippen molar-refractivity contribution in [1.82, 2.24) is 15.0 Å². The van der Waals surface area contributed by atoms with Gasteiger partial charge in [-0.05, 0) is 67.6 Å². The lowest BCUT2D eigenvalue weighted by Gasteiger charge is -2.07. The summed E-state index contributed by atoms with van der Waals surface area (Å²) in [5, 5.41) is 12.1. The molecule has 2 aromatic carbocycles. The molecule has 7 heteroatoms. The first kappa shape index (κ1) is 20.7. The van der Waals surface area contributed by atoms with Crippen molar-refractivity contribution in [1.29, 1.82) is 0 Å². The summed E-state index contributed by atoms with van der Waals surface area (Å²) in [5.41, 5.74) is 3.79. The van der Waals surface area contributed by atoms with Gasteiger partial charge in [0.05, 0.1) is 6.61 Å². The number of benzene rings is 2. The highest BCUT2D eigenvalue weighted by Crippen LogP contribution is 2.34. The number of fused-ring (bicyclic) bond motifs is 1. The van der Waals surface area contributed by atoms with E-state index in [4.69, 9.17) is 13.9 Å². The number of hydrogen-bond donors (Lipinski definition) is 0. The van der Waals surface area contributed by atoms with Crippen LogP contribution in [-0.4, -0.2) is 21.6 Å². The summed E-state index contributed by atoms with van der Waals surface area (Å²) in [7, 11) is 0. The highest BCUT2D eigenvalue weighted by atomic mass is 16.5. The maximum Gasteiger partial charge on any atom is 0.328 e. The fourth-order valence-electron chi connectivity index (χ4n) is 3.26. The molecule has 0 aliphatic rings. The first-order valence-corrected chi connectivity index (χ1v) is 10.3. The van der Waals surface area contributed by atoms with Crippen LogP contribution < -0.4 is 9.47 Å². The van der Waals surface area contributed by atoms with Gasteiger partial charge in [0.15, 0.2) is 11.3 Å². The molecule has 0 saturated heterocycles. The zero-order chi connectivity index (χ0) is 22.0. The highest BCUT2D eigenvalue weighted by molar-refractivity contribution is 5.78. The van der Waals surface area contributed by atoms with Crippen molar-refractivity contribution in [3.05, 3.63) is 53.1 Å². The van der Waals surface area contributed by atoms with Crippen LogP contribution in [0.1, 0.15) is 37.0 Å². The third kappa shape index (κ3) is 4.30. The number of rotatable bonds is 7. The third-order valence-corrected chi connectivity index (χ3v) is 4.87. The molecule has 0 spiro atoms. The Morgan fingerprint density at radius 1 is 1.00 bits per heavy atom. The van der Waals surface area contributed by atoms with Crippen LogP contribution in [0, 0.1) is 13.8 Å². The monoisotopic (exact) mass is 418 g/mol. The number of ether oxygens (including phenoxy) is 2. The highest BCUT2D eigenvalue weighted by Gasteiger charge is 2.19. The van der Waals surface area contributed by atoms with E-state index in [1.165, 1.54) is 0 Å². The molecule has 2 heterocycles. The summed E-state index contributed by atoms with van der Waals surface area (Å²) in [6.07, 6.45) is 1.71. The van der Waals surface area contributed by atoms with E-state index in [1.54, 1.807) is 26.0 Å². The molecule has 0 saturated carbocycles. The number of hydrogen-bond acceptors (Lipinski definition) is 6. The van der Waals surface area contributed by atoms with E-state index in [0.717, 1.165) is 18.4 Å². The first-order chi connectivity index (χ1) is 15.0. The van der Waals surface area contributed by atoms with Gasteiger partial charge in [0.1, 0.15) is 5.75 Å². The molecular formula is C24H24N3O4. The van der Waals surface area contributed by atoms with Gasteiger partial charge in [0.25, 0.3) is 11.6 Å². The maximum absolute atomic E-state index is 12.1. The molecule has 159 valence electrons. The van der Waals surface area contributed by atoms with E-state index in [1.807, 2.05) is 31.2 Å². The van der Waals surface area contributed by atoms with E-state index in [0.29, 0.717) is 46.3 Å². The molecule has 0 aliphatic carbocycles. The molecule has 4 rings (SSSR count). The van der Waals surface area contributed by atoms with Crippen molar-refractivity contribution in [2.24, 2.45) is 0 Å². The minimum absolute atomic E-state index is 0.0108. The summed E-state index contributed by atoms with van der Waals surface area (Å²) in [6.45, 7) is 8.11. The Bertz CT molecular complexity index is 1210. The van der Waals surface area contributed by atoms with Crippen LogP contribution in [0.5, 0.6) is 23.4 Å². The first-order valence-electron chi connectivity index (χ1n) is 10.3. The quantitative estimate of drug-likeness (QED) is 0.355. The molecular weight excluding hydrogens is 394 g/mol. The Labute approximate surface area is 180 Å². The molecule has 1 radical (unpaired) electrons. The van der Waals surface area contributed by atoms with E-state index in [2.05, 4.69) is 21.9 Å². The van der Waals surface area contributed by atoms with Crippen molar-refractivity contribution in [3.63, 3.8) is 0 Å². The third-order valence-electron chi connectivity index (χ3n) is 4.87. The number of oxazole rings is 1. The fraction of sp³-hybridized carbons (Fsp3) is 0.292. The number of aromatic nitrogens is 3. The second-order valence-electron chi connectivity index (χ2n) is 7.37. The van der Waals surface area contributed by atoms with Gasteiger partial charge in [0.2, 0.25) is 5.89 Å². The summed E-state index contributed by atoms with van der Waals surface area (Å²) in [5.74, 6) is 1.30. The second kappa shape index (κ2) is 8.63. The van der Waals surface area contributed by atoms with Crippen molar-refractivity contribution in [3.8, 4) is 34.8 Å². The van der Waals surface area contributed by atoms with E-state index < -0.39 is 0 Å². The minimum atomic E-state index is 0.0108. The molecule has 0 amide bonds. The normalized spacial score (nSPS) is 11.1. The largest absolute Gasteiger partial charge is 0.476 e. The maximum atomic E-state index is 12.1. The van der Waals surface area contributed by atoms with Crippen LogP contribution >= 0.6 is 0 Å². The van der Waals surface area contributed by atoms with Gasteiger partial charge in [-0.25, -0.2) is 4.98 Å². The summed E-state index contributed by atoms with van der Waals surface area (Å²) < 4.78 is 17.6. The van der Waals surface area contributed by atoms with Gasteiger partial charge in [-0.15, -0.1) is 0 Å². The van der Waals surface area contributed by atoms with E-state index >= 15 is 0 Å². The van der Waals surface area contributed by atoms with Crippen LogP contribution in [0.2, 0.25) is 0 Å². The number of aryl methyl sites for hydroxylation is 3. The van der Waals surface area contributed by atoms with Crippen molar-refractivity contribution >= 4 is 11.2 Å². The molecule has 7 nitrogen and oxygen atoms in total. The Morgan fingerprint density at radius 2 is 1.77 bits per heavy atom. The molecule has 31 heavy (non-hydrogen) atoms. The molecule has 0 unspecified atom stereocenters. The number of nitrogens with zero attached hydrogens (tertiary/aromatic N) is 3. The lowest BCUT2D eigenvalue weighted by molar-refractivity contribution is 0.302. The van der Waals surface area contributed by atoms with Gasteiger partial charge in [-0.1, -0.05) is 26.0 Å². The molecule has 2 aromatic heterocycles. The summed E-state index contributed by atoms with van der Waals surface area (Å²) in [4.78, 5) is 13.4. The molecule has 0 fully saturated rings. The lowest BCUT2D eigenvalue weighted by Crippen LogP contribution is -2.01. The molecule has 4 aromatic rings. The van der Waals surface area contributed by atoms with Crippen LogP contribution in [-0.2, 0) is 11.5 Å². The van der Waals surface area contributed by atoms with Crippen LogP contribution in [0.4, 0.5) is 0 Å². The summed E-state index contributed by atoms with van der Waals surface area (Å²) >= 11 is 0. The van der Waals surface area contributed by atoms with Crippen molar-refractivity contribution in [2.75, 3.05) is 6.61 Å². The SMILES string of the molecule is CCCOc1nc(Oc2cccc(CC)c2)nc2oc(-c3cc(C)c([O])c(C)c3)nc12. The van der Waals surface area contributed by atoms with Gasteiger partial charge in [-0.3, -0.25) is 5.11 Å². The van der Waals surface area contributed by atoms with Gasteiger partial charge in [-0.2, -0.15) is 9.97 Å². The molecule has 0 atom stereocenters. The van der Waals surface area contributed by atoms with Gasteiger partial charge in [0, 0.05) is 5.56 Å². The lowest BCUT2D eigenvalue weighted by atomic mass is 10.1. The predicted molar refractivity (Wildman–Crippen MR) is 116 cm³/mol. The molecule has 0 aliphatic heterocycles. The Kier molecular flexibility index (Phi) is 5.75. The minimum Gasteiger partial charge on any atom is -0.476 e. The average molecular weight is 418 g/mol.